The fourth-order valence-corrected chi connectivity index (χ4v) is 3.32. The van der Waals surface area contributed by atoms with Gasteiger partial charge >= 0.3 is 0 Å². The van der Waals surface area contributed by atoms with E-state index in [2.05, 4.69) is 14.9 Å². The van der Waals surface area contributed by atoms with Crippen molar-refractivity contribution in [1.82, 2.24) is 10.2 Å². The molecule has 1 aromatic carbocycles. The topological polar surface area (TPSA) is 101 Å². The molecule has 0 amide bonds. The van der Waals surface area contributed by atoms with Gasteiger partial charge in [-0.05, 0) is 17.0 Å². The molecule has 0 radical (unpaired) electrons. The van der Waals surface area contributed by atoms with E-state index in [0.29, 0.717) is 11.3 Å². The average molecular weight is 308 g/mol. The van der Waals surface area contributed by atoms with Crippen LogP contribution in [0.4, 0.5) is 5.69 Å². The summed E-state index contributed by atoms with van der Waals surface area (Å²) in [4.78, 5) is 0. The molecule has 0 spiro atoms. The van der Waals surface area contributed by atoms with Crippen molar-refractivity contribution in [3.05, 3.63) is 41.6 Å². The minimum absolute atomic E-state index is 0.00807. The highest BCUT2D eigenvalue weighted by atomic mass is 32.2. The van der Waals surface area contributed by atoms with Crippen molar-refractivity contribution >= 4 is 15.7 Å². The van der Waals surface area contributed by atoms with Crippen LogP contribution in [0, 0.1) is 0 Å². The molecule has 0 unspecified atom stereocenters. The molecule has 114 valence electrons. The Bertz CT molecular complexity index is 729. The number of nitrogens with zero attached hydrogens (tertiary/aromatic N) is 1. The molecule has 21 heavy (non-hydrogen) atoms. The number of H-pyrrole nitrogens is 1. The van der Waals surface area contributed by atoms with E-state index >= 15 is 0 Å². The van der Waals surface area contributed by atoms with E-state index in [9.17, 15) is 8.42 Å². The number of para-hydroxylation sites is 1. The van der Waals surface area contributed by atoms with Crippen LogP contribution >= 0.6 is 0 Å². The number of sulfonamides is 1. The molecule has 0 aliphatic carbocycles. The third-order valence-corrected chi connectivity index (χ3v) is 4.53. The van der Waals surface area contributed by atoms with Crippen LogP contribution in [0.3, 0.4) is 0 Å². The SMILES string of the molecule is CC(C)(C)c1ccccc1NS(=O)(=O)c1[nH]ncc1CN. The molecular formula is C14H20N4O2S. The maximum atomic E-state index is 12.5. The number of aromatic amines is 1. The molecule has 7 heteroatoms. The van der Waals surface area contributed by atoms with Crippen molar-refractivity contribution in [2.75, 3.05) is 4.72 Å². The van der Waals surface area contributed by atoms with Crippen molar-refractivity contribution in [2.45, 2.75) is 37.8 Å². The predicted octanol–water partition coefficient (Wildman–Crippen LogP) is 1.97. The lowest BCUT2D eigenvalue weighted by Crippen LogP contribution is -2.20. The van der Waals surface area contributed by atoms with Gasteiger partial charge in [0.25, 0.3) is 10.0 Å². The minimum Gasteiger partial charge on any atom is -0.326 e. The summed E-state index contributed by atoms with van der Waals surface area (Å²) in [5, 5.41) is 6.25. The van der Waals surface area contributed by atoms with E-state index in [1.54, 1.807) is 12.1 Å². The van der Waals surface area contributed by atoms with E-state index in [1.807, 2.05) is 32.9 Å². The molecule has 1 aromatic heterocycles. The van der Waals surface area contributed by atoms with Crippen molar-refractivity contribution in [3.8, 4) is 0 Å². The van der Waals surface area contributed by atoms with Gasteiger partial charge in [-0.1, -0.05) is 39.0 Å². The first-order valence-corrected chi connectivity index (χ1v) is 8.08. The zero-order valence-corrected chi connectivity index (χ0v) is 13.2. The van der Waals surface area contributed by atoms with Crippen molar-refractivity contribution in [3.63, 3.8) is 0 Å². The summed E-state index contributed by atoms with van der Waals surface area (Å²) >= 11 is 0. The smallest absolute Gasteiger partial charge is 0.279 e. The van der Waals surface area contributed by atoms with Gasteiger partial charge in [-0.3, -0.25) is 9.82 Å². The Morgan fingerprint density at radius 1 is 1.29 bits per heavy atom. The first-order valence-electron chi connectivity index (χ1n) is 6.60. The summed E-state index contributed by atoms with van der Waals surface area (Å²) in [5.41, 5.74) is 7.29. The van der Waals surface area contributed by atoms with Gasteiger partial charge in [0.05, 0.1) is 11.9 Å². The van der Waals surface area contributed by atoms with Gasteiger partial charge in [0.2, 0.25) is 0 Å². The fraction of sp³-hybridized carbons (Fsp3) is 0.357. The molecule has 0 bridgehead atoms. The third kappa shape index (κ3) is 3.25. The highest BCUT2D eigenvalue weighted by molar-refractivity contribution is 7.92. The van der Waals surface area contributed by atoms with E-state index in [1.165, 1.54) is 6.20 Å². The number of hydrogen-bond donors (Lipinski definition) is 3. The molecule has 0 saturated heterocycles. The second-order valence-corrected chi connectivity index (χ2v) is 7.45. The fourth-order valence-electron chi connectivity index (χ4n) is 2.10. The van der Waals surface area contributed by atoms with E-state index in [0.717, 1.165) is 5.56 Å². The van der Waals surface area contributed by atoms with E-state index in [-0.39, 0.29) is 17.0 Å². The molecule has 0 atom stereocenters. The molecule has 1 heterocycles. The van der Waals surface area contributed by atoms with Gasteiger partial charge in [-0.2, -0.15) is 13.5 Å². The Kier molecular flexibility index (Phi) is 4.06. The van der Waals surface area contributed by atoms with Crippen molar-refractivity contribution in [2.24, 2.45) is 5.73 Å². The monoisotopic (exact) mass is 308 g/mol. The normalized spacial score (nSPS) is 12.4. The van der Waals surface area contributed by atoms with Gasteiger partial charge in [-0.15, -0.1) is 0 Å². The highest BCUT2D eigenvalue weighted by Gasteiger charge is 2.24. The number of anilines is 1. The number of benzene rings is 1. The summed E-state index contributed by atoms with van der Waals surface area (Å²) in [5.74, 6) is 0. The molecule has 4 N–H and O–H groups in total. The van der Waals surface area contributed by atoms with E-state index < -0.39 is 10.0 Å². The third-order valence-electron chi connectivity index (χ3n) is 3.15. The largest absolute Gasteiger partial charge is 0.326 e. The van der Waals surface area contributed by atoms with Gasteiger partial charge in [0.15, 0.2) is 5.03 Å². The molecule has 2 rings (SSSR count). The summed E-state index contributed by atoms with van der Waals surface area (Å²) in [7, 11) is -3.74. The number of rotatable bonds is 4. The Morgan fingerprint density at radius 2 is 1.95 bits per heavy atom. The zero-order chi connectivity index (χ0) is 15.7. The van der Waals surface area contributed by atoms with Gasteiger partial charge < -0.3 is 5.73 Å². The maximum absolute atomic E-state index is 12.5. The minimum atomic E-state index is -3.74. The molecule has 0 aliphatic rings. The van der Waals surface area contributed by atoms with E-state index in [4.69, 9.17) is 5.73 Å². The van der Waals surface area contributed by atoms with Crippen molar-refractivity contribution < 1.29 is 8.42 Å². The predicted molar refractivity (Wildman–Crippen MR) is 82.4 cm³/mol. The Labute approximate surface area is 124 Å². The van der Waals surface area contributed by atoms with Gasteiger partial charge in [0.1, 0.15) is 0 Å². The second kappa shape index (κ2) is 5.50. The van der Waals surface area contributed by atoms with Crippen LogP contribution in [-0.2, 0) is 22.0 Å². The molecule has 6 nitrogen and oxygen atoms in total. The number of nitrogens with one attached hydrogen (secondary N) is 2. The first-order chi connectivity index (χ1) is 9.75. The zero-order valence-electron chi connectivity index (χ0n) is 12.3. The number of aromatic nitrogens is 2. The van der Waals surface area contributed by atoms with Gasteiger partial charge in [-0.25, -0.2) is 0 Å². The van der Waals surface area contributed by atoms with Crippen LogP contribution < -0.4 is 10.5 Å². The van der Waals surface area contributed by atoms with Crippen molar-refractivity contribution in [1.29, 1.82) is 0 Å². The first kappa shape index (κ1) is 15.5. The molecule has 0 saturated carbocycles. The van der Waals surface area contributed by atoms with Crippen LogP contribution in [0.1, 0.15) is 31.9 Å². The Balaban J connectivity index is 2.43. The van der Waals surface area contributed by atoms with Gasteiger partial charge in [0, 0.05) is 12.1 Å². The quantitative estimate of drug-likeness (QED) is 0.803. The summed E-state index contributed by atoms with van der Waals surface area (Å²) < 4.78 is 27.6. The lowest BCUT2D eigenvalue weighted by Gasteiger charge is -2.23. The number of nitrogens with two attached hydrogens (primary N) is 1. The molecular weight excluding hydrogens is 288 g/mol. The Morgan fingerprint density at radius 3 is 2.57 bits per heavy atom. The molecule has 2 aromatic rings. The van der Waals surface area contributed by atoms with Crippen LogP contribution in [0.25, 0.3) is 0 Å². The van der Waals surface area contributed by atoms with Crippen LogP contribution in [0.15, 0.2) is 35.5 Å². The standard InChI is InChI=1S/C14H20N4O2S/c1-14(2,3)11-6-4-5-7-12(11)18-21(19,20)13-10(8-15)9-16-17-13/h4-7,9,18H,8,15H2,1-3H3,(H,16,17). The Hall–Kier alpha value is -1.86. The van der Waals surface area contributed by atoms with Crippen LogP contribution in [0.2, 0.25) is 0 Å². The number of hydrogen-bond acceptors (Lipinski definition) is 4. The summed E-state index contributed by atoms with van der Waals surface area (Å²) in [6.07, 6.45) is 1.42. The maximum Gasteiger partial charge on any atom is 0.279 e. The lowest BCUT2D eigenvalue weighted by atomic mass is 9.86. The summed E-state index contributed by atoms with van der Waals surface area (Å²) in [6, 6.07) is 7.34. The van der Waals surface area contributed by atoms with Crippen LogP contribution in [-0.4, -0.2) is 18.6 Å². The highest BCUT2D eigenvalue weighted by Crippen LogP contribution is 2.30. The second-order valence-electron chi connectivity index (χ2n) is 5.83. The van der Waals surface area contributed by atoms with Crippen LogP contribution in [0.5, 0.6) is 0 Å². The lowest BCUT2D eigenvalue weighted by molar-refractivity contribution is 0.588. The molecule has 0 aliphatic heterocycles. The molecule has 0 fully saturated rings. The summed E-state index contributed by atoms with van der Waals surface area (Å²) in [6.45, 7) is 6.19. The average Bonchev–Trinajstić information content (AvgIpc) is 2.86.